The van der Waals surface area contributed by atoms with Crippen LogP contribution in [0.25, 0.3) is 0 Å². The number of rotatable bonds is 6. The zero-order chi connectivity index (χ0) is 14.5. The molecule has 0 spiro atoms. The van der Waals surface area contributed by atoms with E-state index < -0.39 is 11.6 Å². The molecule has 0 radical (unpaired) electrons. The maximum absolute atomic E-state index is 13.8. The van der Waals surface area contributed by atoms with E-state index in [4.69, 9.17) is 5.11 Å². The summed E-state index contributed by atoms with van der Waals surface area (Å²) in [6.07, 6.45) is 0.525. The summed E-state index contributed by atoms with van der Waals surface area (Å²) in [5.41, 5.74) is 0.498. The van der Waals surface area contributed by atoms with Gasteiger partial charge in [-0.1, -0.05) is 0 Å². The molecule has 1 aromatic carbocycles. The predicted octanol–water partition coefficient (Wildman–Crippen LogP) is 3.33. The zero-order valence-corrected chi connectivity index (χ0v) is 12.4. The molecule has 0 unspecified atom stereocenters. The molecule has 0 aliphatic carbocycles. The molecule has 0 amide bonds. The molecular weight excluding hydrogens is 268 g/mol. The predicted molar refractivity (Wildman–Crippen MR) is 75.4 cm³/mol. The monoisotopic (exact) mass is 289 g/mol. The van der Waals surface area contributed by atoms with Crippen molar-refractivity contribution in [2.75, 3.05) is 12.4 Å². The van der Waals surface area contributed by atoms with E-state index >= 15 is 0 Å². The topological polar surface area (TPSA) is 32.3 Å². The van der Waals surface area contributed by atoms with E-state index in [0.29, 0.717) is 24.3 Å². The van der Waals surface area contributed by atoms with Gasteiger partial charge in [0.05, 0.1) is 4.90 Å². The van der Waals surface area contributed by atoms with Gasteiger partial charge >= 0.3 is 0 Å². The molecule has 0 atom stereocenters. The third-order valence-corrected chi connectivity index (χ3v) is 3.60. The molecule has 19 heavy (non-hydrogen) atoms. The Morgan fingerprint density at radius 2 is 1.79 bits per heavy atom. The normalized spacial score (nSPS) is 11.9. The lowest BCUT2D eigenvalue weighted by Gasteiger charge is -2.20. The van der Waals surface area contributed by atoms with Crippen LogP contribution in [0, 0.1) is 11.6 Å². The van der Waals surface area contributed by atoms with Gasteiger partial charge in [-0.15, -0.1) is 11.8 Å². The summed E-state index contributed by atoms with van der Waals surface area (Å²) < 4.78 is 27.6. The number of hydrogen-bond acceptors (Lipinski definition) is 3. The average Bonchev–Trinajstić information content (AvgIpc) is 2.29. The first-order valence-electron chi connectivity index (χ1n) is 6.30. The van der Waals surface area contributed by atoms with Gasteiger partial charge in [-0.25, -0.2) is 8.78 Å². The largest absolute Gasteiger partial charge is 0.396 e. The van der Waals surface area contributed by atoms with Crippen LogP contribution in [0.3, 0.4) is 0 Å². The molecule has 0 aliphatic heterocycles. The molecule has 2 N–H and O–H groups in total. The van der Waals surface area contributed by atoms with Crippen LogP contribution < -0.4 is 5.32 Å². The molecular formula is C14H21F2NOS. The first-order chi connectivity index (χ1) is 8.83. The van der Waals surface area contributed by atoms with Crippen molar-refractivity contribution in [3.63, 3.8) is 0 Å². The number of halogens is 2. The van der Waals surface area contributed by atoms with Gasteiger partial charge in [0.1, 0.15) is 11.6 Å². The molecule has 0 aliphatic rings. The smallest absolute Gasteiger partial charge is 0.140 e. The molecule has 0 fully saturated rings. The molecule has 0 heterocycles. The molecule has 0 aromatic heterocycles. The molecule has 108 valence electrons. The van der Waals surface area contributed by atoms with Gasteiger partial charge in [0.15, 0.2) is 0 Å². The van der Waals surface area contributed by atoms with Crippen LogP contribution in [-0.2, 0) is 6.54 Å². The highest BCUT2D eigenvalue weighted by Crippen LogP contribution is 2.27. The lowest BCUT2D eigenvalue weighted by atomic mass is 10.1. The van der Waals surface area contributed by atoms with Crippen LogP contribution in [-0.4, -0.2) is 23.0 Å². The lowest BCUT2D eigenvalue weighted by molar-refractivity contribution is 0.296. The Balaban J connectivity index is 2.73. The van der Waals surface area contributed by atoms with Gasteiger partial charge in [0.25, 0.3) is 0 Å². The summed E-state index contributed by atoms with van der Waals surface area (Å²) in [5, 5.41) is 11.9. The van der Waals surface area contributed by atoms with E-state index in [1.807, 2.05) is 20.8 Å². The molecule has 0 saturated heterocycles. The summed E-state index contributed by atoms with van der Waals surface area (Å²) in [4.78, 5) is 0.0351. The van der Waals surface area contributed by atoms with Crippen LogP contribution >= 0.6 is 11.8 Å². The minimum Gasteiger partial charge on any atom is -0.396 e. The van der Waals surface area contributed by atoms with Crippen molar-refractivity contribution in [2.24, 2.45) is 0 Å². The Morgan fingerprint density at radius 1 is 1.21 bits per heavy atom. The fourth-order valence-electron chi connectivity index (χ4n) is 1.46. The van der Waals surface area contributed by atoms with Crippen molar-refractivity contribution in [3.05, 3.63) is 29.3 Å². The molecule has 2 nitrogen and oxygen atoms in total. The van der Waals surface area contributed by atoms with Crippen molar-refractivity contribution < 1.29 is 13.9 Å². The Labute approximate surface area is 117 Å². The van der Waals surface area contributed by atoms with Gasteiger partial charge in [-0.05, 0) is 44.9 Å². The Hall–Kier alpha value is -0.650. The van der Waals surface area contributed by atoms with Gasteiger partial charge in [-0.3, -0.25) is 0 Å². The summed E-state index contributed by atoms with van der Waals surface area (Å²) in [6, 6.07) is 2.73. The molecule has 0 bridgehead atoms. The third-order valence-electron chi connectivity index (χ3n) is 2.43. The van der Waals surface area contributed by atoms with E-state index in [0.717, 1.165) is 11.8 Å². The number of aliphatic hydroxyl groups excluding tert-OH is 1. The second-order valence-electron chi connectivity index (χ2n) is 5.42. The minimum atomic E-state index is -0.534. The van der Waals surface area contributed by atoms with Crippen molar-refractivity contribution in [2.45, 2.75) is 44.2 Å². The van der Waals surface area contributed by atoms with Crippen molar-refractivity contribution >= 4 is 11.8 Å². The van der Waals surface area contributed by atoms with E-state index in [9.17, 15) is 8.78 Å². The first-order valence-corrected chi connectivity index (χ1v) is 7.28. The fraction of sp³-hybridized carbons (Fsp3) is 0.571. The zero-order valence-electron chi connectivity index (χ0n) is 11.6. The number of hydrogen-bond donors (Lipinski definition) is 2. The van der Waals surface area contributed by atoms with Crippen LogP contribution in [0.1, 0.15) is 32.8 Å². The van der Waals surface area contributed by atoms with Crippen LogP contribution in [0.5, 0.6) is 0 Å². The van der Waals surface area contributed by atoms with Gasteiger partial charge < -0.3 is 10.4 Å². The number of aliphatic hydroxyl groups is 1. The second kappa shape index (κ2) is 7.22. The highest BCUT2D eigenvalue weighted by Gasteiger charge is 2.13. The molecule has 1 aromatic rings. The molecule has 1 rings (SSSR count). The number of thioether (sulfide) groups is 1. The maximum atomic E-state index is 13.8. The number of nitrogens with one attached hydrogen (secondary N) is 1. The van der Waals surface area contributed by atoms with Crippen LogP contribution in [0.2, 0.25) is 0 Å². The Morgan fingerprint density at radius 3 is 2.26 bits per heavy atom. The summed E-state index contributed by atoms with van der Waals surface area (Å²) in [5.74, 6) is -0.563. The highest BCUT2D eigenvalue weighted by molar-refractivity contribution is 7.99. The van der Waals surface area contributed by atoms with Gasteiger partial charge in [0, 0.05) is 24.4 Å². The van der Waals surface area contributed by atoms with Crippen LogP contribution in [0.4, 0.5) is 8.78 Å². The van der Waals surface area contributed by atoms with Crippen molar-refractivity contribution in [1.82, 2.24) is 5.32 Å². The summed E-state index contributed by atoms with van der Waals surface area (Å²) >= 11 is 1.10. The fourth-order valence-corrected chi connectivity index (χ4v) is 2.33. The van der Waals surface area contributed by atoms with Crippen LogP contribution in [0.15, 0.2) is 17.0 Å². The molecule has 5 heteroatoms. The second-order valence-corrected chi connectivity index (χ2v) is 6.52. The summed E-state index contributed by atoms with van der Waals surface area (Å²) in [6.45, 7) is 6.46. The highest BCUT2D eigenvalue weighted by atomic mass is 32.2. The third kappa shape index (κ3) is 5.89. The van der Waals surface area contributed by atoms with Gasteiger partial charge in [-0.2, -0.15) is 0 Å². The van der Waals surface area contributed by atoms with Gasteiger partial charge in [0.2, 0.25) is 0 Å². The van der Waals surface area contributed by atoms with E-state index in [1.165, 1.54) is 12.1 Å². The summed E-state index contributed by atoms with van der Waals surface area (Å²) in [7, 11) is 0. The van der Waals surface area contributed by atoms with E-state index in [1.54, 1.807) is 0 Å². The number of benzene rings is 1. The molecule has 0 saturated carbocycles. The quantitative estimate of drug-likeness (QED) is 0.622. The SMILES string of the molecule is CC(C)(C)NCc1cc(F)c(SCCCO)c(F)c1. The minimum absolute atomic E-state index is 0.0316. The van der Waals surface area contributed by atoms with E-state index in [-0.39, 0.29) is 17.0 Å². The Bertz CT molecular complexity index is 395. The Kier molecular flexibility index (Phi) is 6.23. The first kappa shape index (κ1) is 16.4. The standard InChI is InChI=1S/C14H21F2NOS/c1-14(2,3)17-9-10-7-11(15)13(12(16)8-10)19-6-4-5-18/h7-8,17-18H,4-6,9H2,1-3H3. The maximum Gasteiger partial charge on any atom is 0.140 e. The van der Waals surface area contributed by atoms with E-state index in [2.05, 4.69) is 5.32 Å². The lowest BCUT2D eigenvalue weighted by Crippen LogP contribution is -2.35. The van der Waals surface area contributed by atoms with Crippen molar-refractivity contribution in [3.8, 4) is 0 Å². The van der Waals surface area contributed by atoms with Crippen molar-refractivity contribution in [1.29, 1.82) is 0 Å². The average molecular weight is 289 g/mol.